The van der Waals surface area contributed by atoms with Crippen LogP contribution in [0, 0.1) is 5.92 Å². The number of para-hydroxylation sites is 1. The van der Waals surface area contributed by atoms with Crippen molar-refractivity contribution in [2.75, 3.05) is 11.1 Å². The summed E-state index contributed by atoms with van der Waals surface area (Å²) in [5, 5.41) is 15.1. The number of amides is 2. The summed E-state index contributed by atoms with van der Waals surface area (Å²) in [7, 11) is 0. The largest absolute Gasteiger partial charge is 0.352 e. The molecule has 0 saturated heterocycles. The van der Waals surface area contributed by atoms with Gasteiger partial charge in [-0.05, 0) is 37.8 Å². The maximum Gasteiger partial charge on any atom is 0.232 e. The molecule has 0 spiro atoms. The van der Waals surface area contributed by atoms with Gasteiger partial charge in [-0.2, -0.15) is 0 Å². The van der Waals surface area contributed by atoms with Crippen LogP contribution in [0.1, 0.15) is 45.4 Å². The van der Waals surface area contributed by atoms with E-state index in [0.717, 1.165) is 12.1 Å². The van der Waals surface area contributed by atoms with Gasteiger partial charge in [-0.1, -0.05) is 49.7 Å². The fourth-order valence-corrected chi connectivity index (χ4v) is 4.49. The fourth-order valence-electron chi connectivity index (χ4n) is 3.65. The van der Waals surface area contributed by atoms with Crippen molar-refractivity contribution in [3.63, 3.8) is 0 Å². The summed E-state index contributed by atoms with van der Waals surface area (Å²) in [6.07, 6.45) is 4.81. The fraction of sp³-hybridized carbons (Fsp3) is 0.524. The summed E-state index contributed by atoms with van der Waals surface area (Å²) < 4.78 is 1.89. The maximum atomic E-state index is 12.4. The molecule has 2 atom stereocenters. The average molecular weight is 416 g/mol. The van der Waals surface area contributed by atoms with E-state index in [0.29, 0.717) is 29.2 Å². The molecule has 1 fully saturated rings. The zero-order valence-corrected chi connectivity index (χ0v) is 17.9. The first-order valence-corrected chi connectivity index (χ1v) is 11.2. The van der Waals surface area contributed by atoms with Gasteiger partial charge >= 0.3 is 0 Å². The number of carbonyl (C=O) groups is 2. The van der Waals surface area contributed by atoms with Gasteiger partial charge in [0.1, 0.15) is 5.82 Å². The number of anilines is 1. The van der Waals surface area contributed by atoms with Crippen LogP contribution >= 0.6 is 11.8 Å². The second-order valence-electron chi connectivity index (χ2n) is 7.46. The van der Waals surface area contributed by atoms with Crippen molar-refractivity contribution in [2.24, 2.45) is 5.92 Å². The van der Waals surface area contributed by atoms with E-state index in [4.69, 9.17) is 0 Å². The molecule has 1 heterocycles. The molecule has 0 bridgehead atoms. The number of nitrogens with one attached hydrogen (secondary N) is 2. The summed E-state index contributed by atoms with van der Waals surface area (Å²) in [5.74, 6) is 1.33. The molecule has 7 nitrogen and oxygen atoms in total. The third-order valence-corrected chi connectivity index (χ3v) is 6.24. The number of thioether (sulfide) groups is 1. The van der Waals surface area contributed by atoms with Crippen molar-refractivity contribution in [3.05, 3.63) is 36.2 Å². The molecular formula is C21H29N5O2S. The average Bonchev–Trinajstić information content (AvgIpc) is 3.10. The number of carbonyl (C=O) groups excluding carboxylic acids is 2. The number of hydrogen-bond acceptors (Lipinski definition) is 5. The molecule has 1 saturated carbocycles. The quantitative estimate of drug-likeness (QED) is 0.646. The second kappa shape index (κ2) is 10.4. The van der Waals surface area contributed by atoms with Crippen LogP contribution in [0.15, 0.2) is 35.5 Å². The number of aromatic nitrogens is 3. The lowest BCUT2D eigenvalue weighted by molar-refractivity contribution is -0.120. The SMILES string of the molecule is CCn1c(CC(=O)Nc2ccccc2)nnc1SCC(=O)N[C@@H]1CCCC[C@H]1C. The molecule has 2 N–H and O–H groups in total. The molecule has 1 aromatic heterocycles. The van der Waals surface area contributed by atoms with E-state index in [1.807, 2.05) is 41.8 Å². The van der Waals surface area contributed by atoms with Gasteiger partial charge in [0.25, 0.3) is 0 Å². The van der Waals surface area contributed by atoms with Gasteiger partial charge < -0.3 is 15.2 Å². The smallest absolute Gasteiger partial charge is 0.232 e. The first-order valence-electron chi connectivity index (χ1n) is 10.3. The number of nitrogens with zero attached hydrogens (tertiary/aromatic N) is 3. The number of hydrogen-bond donors (Lipinski definition) is 2. The number of benzene rings is 1. The molecule has 1 aromatic carbocycles. The van der Waals surface area contributed by atoms with E-state index in [9.17, 15) is 9.59 Å². The summed E-state index contributed by atoms with van der Waals surface area (Å²) in [5.41, 5.74) is 0.753. The Kier molecular flexibility index (Phi) is 7.69. The Labute approximate surface area is 176 Å². The van der Waals surface area contributed by atoms with Crippen LogP contribution in [0.4, 0.5) is 5.69 Å². The van der Waals surface area contributed by atoms with Crippen molar-refractivity contribution < 1.29 is 9.59 Å². The first-order chi connectivity index (χ1) is 14.1. The topological polar surface area (TPSA) is 88.9 Å². The van der Waals surface area contributed by atoms with Gasteiger partial charge in [0.15, 0.2) is 5.16 Å². The zero-order valence-electron chi connectivity index (χ0n) is 17.1. The Hall–Kier alpha value is -2.35. The van der Waals surface area contributed by atoms with Gasteiger partial charge in [0.2, 0.25) is 11.8 Å². The highest BCUT2D eigenvalue weighted by Gasteiger charge is 2.23. The Morgan fingerprint density at radius 3 is 2.62 bits per heavy atom. The molecule has 0 aliphatic heterocycles. The Balaban J connectivity index is 1.53. The monoisotopic (exact) mass is 415 g/mol. The minimum atomic E-state index is -0.140. The maximum absolute atomic E-state index is 12.4. The van der Waals surface area contributed by atoms with Crippen molar-refractivity contribution >= 4 is 29.3 Å². The molecule has 8 heteroatoms. The van der Waals surface area contributed by atoms with Crippen molar-refractivity contribution in [2.45, 2.75) is 63.7 Å². The summed E-state index contributed by atoms with van der Waals surface area (Å²) >= 11 is 1.37. The van der Waals surface area contributed by atoms with Crippen LogP contribution in [0.3, 0.4) is 0 Å². The molecule has 3 rings (SSSR count). The molecule has 2 aromatic rings. The van der Waals surface area contributed by atoms with E-state index >= 15 is 0 Å². The summed E-state index contributed by atoms with van der Waals surface area (Å²) in [6, 6.07) is 9.61. The molecule has 1 aliphatic carbocycles. The first kappa shape index (κ1) is 21.4. The van der Waals surface area contributed by atoms with E-state index in [2.05, 4.69) is 27.8 Å². The van der Waals surface area contributed by atoms with Crippen LogP contribution in [0.5, 0.6) is 0 Å². The van der Waals surface area contributed by atoms with Crippen molar-refractivity contribution in [3.8, 4) is 0 Å². The molecule has 29 heavy (non-hydrogen) atoms. The molecule has 0 unspecified atom stereocenters. The normalized spacial score (nSPS) is 19.0. The number of rotatable bonds is 8. The van der Waals surface area contributed by atoms with Crippen molar-refractivity contribution in [1.82, 2.24) is 20.1 Å². The second-order valence-corrected chi connectivity index (χ2v) is 8.40. The van der Waals surface area contributed by atoms with Crippen LogP contribution < -0.4 is 10.6 Å². The minimum Gasteiger partial charge on any atom is -0.352 e. The third-order valence-electron chi connectivity index (χ3n) is 5.28. The summed E-state index contributed by atoms with van der Waals surface area (Å²) in [4.78, 5) is 24.7. The molecule has 2 amide bonds. The lowest BCUT2D eigenvalue weighted by Gasteiger charge is -2.29. The highest BCUT2D eigenvalue weighted by Crippen LogP contribution is 2.24. The molecular weight excluding hydrogens is 386 g/mol. The predicted molar refractivity (Wildman–Crippen MR) is 115 cm³/mol. The Morgan fingerprint density at radius 2 is 1.90 bits per heavy atom. The van der Waals surface area contributed by atoms with Gasteiger partial charge in [0, 0.05) is 18.3 Å². The Bertz CT molecular complexity index is 824. The van der Waals surface area contributed by atoms with Gasteiger partial charge in [0.05, 0.1) is 12.2 Å². The predicted octanol–water partition coefficient (Wildman–Crippen LogP) is 3.27. The molecule has 156 valence electrons. The Morgan fingerprint density at radius 1 is 1.14 bits per heavy atom. The van der Waals surface area contributed by atoms with E-state index in [1.54, 1.807) is 0 Å². The summed E-state index contributed by atoms with van der Waals surface area (Å²) in [6.45, 7) is 4.83. The van der Waals surface area contributed by atoms with E-state index in [1.165, 1.54) is 31.0 Å². The van der Waals surface area contributed by atoms with Gasteiger partial charge in [-0.25, -0.2) is 0 Å². The van der Waals surface area contributed by atoms with Gasteiger partial charge in [-0.15, -0.1) is 10.2 Å². The third kappa shape index (κ3) is 6.06. The molecule has 0 radical (unpaired) electrons. The lowest BCUT2D eigenvalue weighted by atomic mass is 9.86. The van der Waals surface area contributed by atoms with Crippen LogP contribution in [0.25, 0.3) is 0 Å². The van der Waals surface area contributed by atoms with Gasteiger partial charge in [-0.3, -0.25) is 9.59 Å². The van der Waals surface area contributed by atoms with Crippen molar-refractivity contribution in [1.29, 1.82) is 0 Å². The van der Waals surface area contributed by atoms with Crippen LogP contribution in [0.2, 0.25) is 0 Å². The zero-order chi connectivity index (χ0) is 20.6. The standard InChI is InChI=1S/C21H29N5O2S/c1-3-26-18(13-19(27)22-16-10-5-4-6-11-16)24-25-21(26)29-14-20(28)23-17-12-8-7-9-15(17)2/h4-6,10-11,15,17H,3,7-9,12-14H2,1-2H3,(H,22,27)(H,23,28)/t15-,17-/m1/s1. The van der Waals surface area contributed by atoms with Crippen LogP contribution in [-0.4, -0.2) is 38.4 Å². The lowest BCUT2D eigenvalue weighted by Crippen LogP contribution is -2.41. The van der Waals surface area contributed by atoms with Crippen LogP contribution in [-0.2, 0) is 22.6 Å². The minimum absolute atomic E-state index is 0.0303. The highest BCUT2D eigenvalue weighted by molar-refractivity contribution is 7.99. The highest BCUT2D eigenvalue weighted by atomic mass is 32.2. The van der Waals surface area contributed by atoms with E-state index in [-0.39, 0.29) is 24.3 Å². The molecule has 1 aliphatic rings. The van der Waals surface area contributed by atoms with E-state index < -0.39 is 0 Å².